The monoisotopic (exact) mass is 376 g/mol. The number of nitrogens with one attached hydrogen (secondary N) is 1. The predicted molar refractivity (Wildman–Crippen MR) is 113 cm³/mol. The van der Waals surface area contributed by atoms with Gasteiger partial charge in [0.1, 0.15) is 0 Å². The molecule has 27 heavy (non-hydrogen) atoms. The van der Waals surface area contributed by atoms with Gasteiger partial charge in [0.25, 0.3) is 0 Å². The van der Waals surface area contributed by atoms with Crippen LogP contribution < -0.4 is 5.32 Å². The summed E-state index contributed by atoms with van der Waals surface area (Å²) in [6.45, 7) is 4.95. The van der Waals surface area contributed by atoms with Crippen LogP contribution in [0.25, 0.3) is 0 Å². The quantitative estimate of drug-likeness (QED) is 0.492. The Bertz CT molecular complexity index is 461. The highest BCUT2D eigenvalue weighted by molar-refractivity contribution is 5.14. The van der Waals surface area contributed by atoms with Crippen LogP contribution in [0.4, 0.5) is 0 Å². The Morgan fingerprint density at radius 3 is 2.41 bits per heavy atom. The molecule has 0 bridgehead atoms. The van der Waals surface area contributed by atoms with Gasteiger partial charge in [-0.05, 0) is 57.7 Å². The van der Waals surface area contributed by atoms with Crippen LogP contribution in [0.5, 0.6) is 0 Å². The molecule has 154 valence electrons. The third kappa shape index (κ3) is 10.2. The van der Waals surface area contributed by atoms with Crippen molar-refractivity contribution in [3.63, 3.8) is 0 Å². The van der Waals surface area contributed by atoms with E-state index in [2.05, 4.69) is 47.6 Å². The summed E-state index contributed by atoms with van der Waals surface area (Å²) >= 11 is 0. The van der Waals surface area contributed by atoms with Crippen molar-refractivity contribution >= 4 is 0 Å². The van der Waals surface area contributed by atoms with E-state index in [1.165, 1.54) is 63.5 Å². The topological polar surface area (TPSA) is 33.7 Å². The van der Waals surface area contributed by atoms with E-state index in [-0.39, 0.29) is 0 Å². The molecule has 4 nitrogen and oxygen atoms in total. The zero-order valence-electron chi connectivity index (χ0n) is 17.5. The summed E-state index contributed by atoms with van der Waals surface area (Å²) < 4.78 is 11.2. The number of unbranched alkanes of at least 4 members (excludes halogenated alkanes) is 3. The van der Waals surface area contributed by atoms with Gasteiger partial charge in [0, 0.05) is 32.8 Å². The van der Waals surface area contributed by atoms with Crippen molar-refractivity contribution in [2.45, 2.75) is 70.1 Å². The van der Waals surface area contributed by atoms with Gasteiger partial charge < -0.3 is 19.7 Å². The minimum atomic E-state index is 0.486. The predicted octanol–water partition coefficient (Wildman–Crippen LogP) is 4.24. The van der Waals surface area contributed by atoms with Crippen molar-refractivity contribution in [2.75, 3.05) is 40.5 Å². The number of hydrogen-bond acceptors (Lipinski definition) is 4. The molecule has 1 aliphatic carbocycles. The highest BCUT2D eigenvalue weighted by Gasteiger charge is 2.20. The fourth-order valence-corrected chi connectivity index (χ4v) is 3.74. The molecular weight excluding hydrogens is 336 g/mol. The minimum absolute atomic E-state index is 0.486. The molecule has 1 saturated carbocycles. The Labute approximate surface area is 166 Å². The van der Waals surface area contributed by atoms with Gasteiger partial charge in [0.15, 0.2) is 0 Å². The summed E-state index contributed by atoms with van der Waals surface area (Å²) in [7, 11) is 3.94. The largest absolute Gasteiger partial charge is 0.383 e. The molecule has 1 aliphatic rings. The van der Waals surface area contributed by atoms with Crippen LogP contribution in [-0.2, 0) is 16.0 Å². The van der Waals surface area contributed by atoms with Gasteiger partial charge in [0.05, 0.1) is 12.7 Å². The number of likely N-dealkylation sites (N-methyl/N-ethyl adjacent to an activating group) is 1. The zero-order chi connectivity index (χ0) is 19.2. The minimum Gasteiger partial charge on any atom is -0.383 e. The van der Waals surface area contributed by atoms with Crippen LogP contribution >= 0.6 is 0 Å². The van der Waals surface area contributed by atoms with Gasteiger partial charge in [-0.25, -0.2) is 0 Å². The fourth-order valence-electron chi connectivity index (χ4n) is 3.74. The molecule has 4 heteroatoms. The Hall–Kier alpha value is -0.940. The maximum Gasteiger partial charge on any atom is 0.0589 e. The van der Waals surface area contributed by atoms with Gasteiger partial charge in [-0.2, -0.15) is 0 Å². The average Bonchev–Trinajstić information content (AvgIpc) is 2.71. The lowest BCUT2D eigenvalue weighted by molar-refractivity contribution is 0.0203. The first kappa shape index (κ1) is 22.4. The van der Waals surface area contributed by atoms with Crippen molar-refractivity contribution in [1.82, 2.24) is 10.2 Å². The SMILES string of the molecule is COCCN(C)CCCCCCOC1CCC(NCc2ccccc2)CC1. The molecular formula is C23H40N2O2. The lowest BCUT2D eigenvalue weighted by Crippen LogP contribution is -2.35. The molecule has 0 atom stereocenters. The van der Waals surface area contributed by atoms with E-state index in [0.29, 0.717) is 12.1 Å². The molecule has 0 saturated heterocycles. The molecule has 1 fully saturated rings. The van der Waals surface area contributed by atoms with E-state index in [1.54, 1.807) is 7.11 Å². The van der Waals surface area contributed by atoms with Crippen molar-refractivity contribution in [1.29, 1.82) is 0 Å². The van der Waals surface area contributed by atoms with E-state index in [9.17, 15) is 0 Å². The van der Waals surface area contributed by atoms with Crippen LogP contribution in [0.3, 0.4) is 0 Å². The molecule has 1 N–H and O–H groups in total. The molecule has 0 aliphatic heterocycles. The molecule has 2 rings (SSSR count). The van der Waals surface area contributed by atoms with Crippen LogP contribution in [0.1, 0.15) is 56.9 Å². The first-order valence-electron chi connectivity index (χ1n) is 10.8. The maximum atomic E-state index is 6.12. The highest BCUT2D eigenvalue weighted by atomic mass is 16.5. The number of ether oxygens (including phenoxy) is 2. The molecule has 0 heterocycles. The Morgan fingerprint density at radius 1 is 0.926 bits per heavy atom. The number of hydrogen-bond donors (Lipinski definition) is 1. The van der Waals surface area contributed by atoms with E-state index in [4.69, 9.17) is 9.47 Å². The molecule has 1 aromatic carbocycles. The summed E-state index contributed by atoms with van der Waals surface area (Å²) in [6.07, 6.45) is 10.4. The summed E-state index contributed by atoms with van der Waals surface area (Å²) in [4.78, 5) is 2.35. The number of rotatable bonds is 14. The van der Waals surface area contributed by atoms with Gasteiger partial charge in [-0.1, -0.05) is 43.2 Å². The third-order valence-corrected chi connectivity index (χ3v) is 5.58. The van der Waals surface area contributed by atoms with Gasteiger partial charge >= 0.3 is 0 Å². The fraction of sp³-hybridized carbons (Fsp3) is 0.739. The summed E-state index contributed by atoms with van der Waals surface area (Å²) in [5, 5.41) is 3.70. The van der Waals surface area contributed by atoms with Crippen molar-refractivity contribution in [3.8, 4) is 0 Å². The van der Waals surface area contributed by atoms with Crippen molar-refractivity contribution in [3.05, 3.63) is 35.9 Å². The second-order valence-electron chi connectivity index (χ2n) is 7.92. The second kappa shape index (κ2) is 14.1. The molecule has 0 spiro atoms. The Morgan fingerprint density at radius 2 is 1.67 bits per heavy atom. The number of benzene rings is 1. The summed E-state index contributed by atoms with van der Waals surface area (Å²) in [5.74, 6) is 0. The lowest BCUT2D eigenvalue weighted by Gasteiger charge is -2.29. The van der Waals surface area contributed by atoms with E-state index >= 15 is 0 Å². The van der Waals surface area contributed by atoms with Crippen molar-refractivity contribution < 1.29 is 9.47 Å². The molecule has 0 radical (unpaired) electrons. The van der Waals surface area contributed by atoms with Gasteiger partial charge in [-0.15, -0.1) is 0 Å². The molecule has 0 unspecified atom stereocenters. The van der Waals surface area contributed by atoms with E-state index in [1.807, 2.05) is 0 Å². The summed E-state index contributed by atoms with van der Waals surface area (Å²) in [6, 6.07) is 11.3. The molecule has 0 amide bonds. The first-order valence-corrected chi connectivity index (χ1v) is 10.8. The van der Waals surface area contributed by atoms with Crippen LogP contribution in [0.2, 0.25) is 0 Å². The average molecular weight is 377 g/mol. The zero-order valence-corrected chi connectivity index (χ0v) is 17.5. The Kier molecular flexibility index (Phi) is 11.7. The highest BCUT2D eigenvalue weighted by Crippen LogP contribution is 2.22. The number of nitrogens with zero attached hydrogens (tertiary/aromatic N) is 1. The maximum absolute atomic E-state index is 6.12. The van der Waals surface area contributed by atoms with Gasteiger partial charge in [0.2, 0.25) is 0 Å². The second-order valence-corrected chi connectivity index (χ2v) is 7.92. The smallest absolute Gasteiger partial charge is 0.0589 e. The first-order chi connectivity index (χ1) is 13.3. The number of methoxy groups -OCH3 is 1. The lowest BCUT2D eigenvalue weighted by atomic mass is 9.93. The molecule has 1 aromatic rings. The normalized spacial score (nSPS) is 20.3. The molecule has 0 aromatic heterocycles. The van der Waals surface area contributed by atoms with Gasteiger partial charge in [-0.3, -0.25) is 0 Å². The Balaban J connectivity index is 1.41. The van der Waals surface area contributed by atoms with Crippen LogP contribution in [0.15, 0.2) is 30.3 Å². The van der Waals surface area contributed by atoms with E-state index < -0.39 is 0 Å². The standard InChI is InChI=1S/C23H40N2O2/c1-25(17-19-26-2)16-8-3-4-9-18-27-23-14-12-22(13-15-23)24-20-21-10-6-5-7-11-21/h5-7,10-11,22-24H,3-4,8-9,12-20H2,1-2H3. The van der Waals surface area contributed by atoms with E-state index in [0.717, 1.165) is 26.3 Å². The summed E-state index contributed by atoms with van der Waals surface area (Å²) in [5.41, 5.74) is 1.38. The van der Waals surface area contributed by atoms with Crippen molar-refractivity contribution in [2.24, 2.45) is 0 Å². The van der Waals surface area contributed by atoms with Crippen LogP contribution in [-0.4, -0.2) is 57.5 Å². The van der Waals surface area contributed by atoms with Crippen LogP contribution in [0, 0.1) is 0 Å². The third-order valence-electron chi connectivity index (χ3n) is 5.58.